The summed E-state index contributed by atoms with van der Waals surface area (Å²) < 4.78 is 66.4. The molecule has 1 aromatic heterocycles. The summed E-state index contributed by atoms with van der Waals surface area (Å²) in [4.78, 5) is 15.5. The summed E-state index contributed by atoms with van der Waals surface area (Å²) in [5.41, 5.74) is -0.684. The van der Waals surface area contributed by atoms with Gasteiger partial charge in [-0.25, -0.2) is 8.78 Å². The maximum atomic E-state index is 14.0. The van der Waals surface area contributed by atoms with Gasteiger partial charge < -0.3 is 0 Å². The highest BCUT2D eigenvalue weighted by Gasteiger charge is 2.31. The summed E-state index contributed by atoms with van der Waals surface area (Å²) in [5, 5.41) is 0.0639. The first-order valence-corrected chi connectivity index (χ1v) is 8.33. The van der Waals surface area contributed by atoms with E-state index in [9.17, 15) is 26.7 Å². The minimum Gasteiger partial charge on any atom is -0.298 e. The van der Waals surface area contributed by atoms with Crippen LogP contribution in [0.25, 0.3) is 11.3 Å². The van der Waals surface area contributed by atoms with Crippen LogP contribution in [0.3, 0.4) is 0 Å². The molecule has 0 radical (unpaired) electrons. The van der Waals surface area contributed by atoms with Crippen molar-refractivity contribution in [2.24, 2.45) is 0 Å². The molecule has 0 amide bonds. The highest BCUT2D eigenvalue weighted by Crippen LogP contribution is 2.33. The van der Waals surface area contributed by atoms with E-state index in [0.717, 1.165) is 24.3 Å². The number of aromatic nitrogens is 1. The fraction of sp³-hybridized carbons (Fsp3) is 0.100. The quantitative estimate of drug-likeness (QED) is 0.383. The van der Waals surface area contributed by atoms with E-state index < -0.39 is 23.4 Å². The summed E-state index contributed by atoms with van der Waals surface area (Å²) in [6.07, 6.45) is -4.27. The number of hydrogen-bond acceptors (Lipinski definition) is 2. The van der Waals surface area contributed by atoms with Crippen LogP contribution in [-0.4, -0.2) is 11.3 Å². The summed E-state index contributed by atoms with van der Waals surface area (Å²) in [6.45, 7) is 0. The number of hydrogen-bond donors (Lipinski definition) is 0. The fourth-order valence-corrected chi connectivity index (χ4v) is 2.86. The molecule has 0 bridgehead atoms. The van der Waals surface area contributed by atoms with Crippen molar-refractivity contribution in [2.45, 2.75) is 12.6 Å². The van der Waals surface area contributed by atoms with E-state index in [-0.39, 0.29) is 39.5 Å². The molecular formula is C20H11ClF5NO. The first kappa shape index (κ1) is 19.9. The van der Waals surface area contributed by atoms with Crippen LogP contribution in [0.2, 0.25) is 5.02 Å². The van der Waals surface area contributed by atoms with E-state index in [0.29, 0.717) is 6.29 Å². The number of nitrogens with zero attached hydrogens (tertiary/aromatic N) is 1. The zero-order valence-electron chi connectivity index (χ0n) is 14.0. The zero-order chi connectivity index (χ0) is 20.5. The van der Waals surface area contributed by atoms with Crippen molar-refractivity contribution >= 4 is 17.9 Å². The molecule has 0 fully saturated rings. The molecule has 144 valence electrons. The average molecular weight is 412 g/mol. The smallest absolute Gasteiger partial charge is 0.298 e. The molecule has 0 spiro atoms. The number of carbonyl (C=O) groups is 1. The highest BCUT2D eigenvalue weighted by molar-refractivity contribution is 6.31. The Labute approximate surface area is 161 Å². The number of rotatable bonds is 4. The van der Waals surface area contributed by atoms with Gasteiger partial charge in [-0.3, -0.25) is 9.78 Å². The Hall–Kier alpha value is -2.80. The van der Waals surface area contributed by atoms with Gasteiger partial charge in [0.15, 0.2) is 17.9 Å². The standard InChI is InChI=1S/C20H11ClF5NO/c21-15-6-5-13(20(24,25)26)8-12(15)9-18-11(10-28)4-7-17(27-18)14-2-1-3-16(22)19(14)23/h1-8,10H,9H2. The van der Waals surface area contributed by atoms with Crippen LogP contribution < -0.4 is 0 Å². The van der Waals surface area contributed by atoms with Crippen LogP contribution in [0, 0.1) is 11.6 Å². The largest absolute Gasteiger partial charge is 0.416 e. The number of halogens is 6. The first-order valence-electron chi connectivity index (χ1n) is 7.96. The Morgan fingerprint density at radius 3 is 2.46 bits per heavy atom. The summed E-state index contributed by atoms with van der Waals surface area (Å²) in [5.74, 6) is -2.18. The van der Waals surface area contributed by atoms with E-state index >= 15 is 0 Å². The fourth-order valence-electron chi connectivity index (χ4n) is 2.68. The number of pyridine rings is 1. The molecule has 0 unspecified atom stereocenters. The third-order valence-electron chi connectivity index (χ3n) is 4.09. The van der Waals surface area contributed by atoms with Crippen LogP contribution in [0.5, 0.6) is 0 Å². The summed E-state index contributed by atoms with van der Waals surface area (Å²) in [6, 6.07) is 9.05. The van der Waals surface area contributed by atoms with Gasteiger partial charge >= 0.3 is 6.18 Å². The second kappa shape index (κ2) is 7.67. The second-order valence-electron chi connectivity index (χ2n) is 5.93. The van der Waals surface area contributed by atoms with Gasteiger partial charge in [-0.15, -0.1) is 0 Å². The molecule has 3 rings (SSSR count). The van der Waals surface area contributed by atoms with Gasteiger partial charge in [0.2, 0.25) is 0 Å². The van der Waals surface area contributed by atoms with Crippen molar-refractivity contribution < 1.29 is 26.7 Å². The SMILES string of the molecule is O=Cc1ccc(-c2cccc(F)c2F)nc1Cc1cc(C(F)(F)F)ccc1Cl. The molecule has 0 atom stereocenters. The Balaban J connectivity index is 2.07. The van der Waals surface area contributed by atoms with E-state index in [4.69, 9.17) is 11.6 Å². The van der Waals surface area contributed by atoms with Gasteiger partial charge in [0, 0.05) is 22.6 Å². The van der Waals surface area contributed by atoms with Gasteiger partial charge in [0.05, 0.1) is 17.0 Å². The van der Waals surface area contributed by atoms with Crippen LogP contribution in [0.4, 0.5) is 22.0 Å². The predicted molar refractivity (Wildman–Crippen MR) is 94.2 cm³/mol. The van der Waals surface area contributed by atoms with Crippen LogP contribution >= 0.6 is 11.6 Å². The normalized spacial score (nSPS) is 11.5. The minimum absolute atomic E-state index is 0.0423. The molecule has 3 aromatic rings. The molecule has 0 aliphatic heterocycles. The summed E-state index contributed by atoms with van der Waals surface area (Å²) >= 11 is 6.00. The van der Waals surface area contributed by atoms with Gasteiger partial charge in [-0.1, -0.05) is 17.7 Å². The molecule has 0 saturated heterocycles. The topological polar surface area (TPSA) is 30.0 Å². The van der Waals surface area contributed by atoms with Crippen molar-refractivity contribution in [2.75, 3.05) is 0 Å². The van der Waals surface area contributed by atoms with Gasteiger partial charge in [-0.2, -0.15) is 13.2 Å². The molecule has 2 aromatic carbocycles. The van der Waals surface area contributed by atoms with Crippen molar-refractivity contribution in [3.05, 3.63) is 87.6 Å². The molecule has 8 heteroatoms. The third kappa shape index (κ3) is 4.04. The van der Waals surface area contributed by atoms with E-state index in [2.05, 4.69) is 4.98 Å². The van der Waals surface area contributed by atoms with Crippen LogP contribution in [-0.2, 0) is 12.6 Å². The van der Waals surface area contributed by atoms with Crippen LogP contribution in [0.1, 0.15) is 27.2 Å². The average Bonchev–Trinajstić information content (AvgIpc) is 2.65. The van der Waals surface area contributed by atoms with Crippen molar-refractivity contribution in [1.29, 1.82) is 0 Å². The minimum atomic E-state index is -4.56. The Morgan fingerprint density at radius 2 is 1.79 bits per heavy atom. The Bertz CT molecular complexity index is 1050. The highest BCUT2D eigenvalue weighted by atomic mass is 35.5. The lowest BCUT2D eigenvalue weighted by molar-refractivity contribution is -0.137. The monoisotopic (exact) mass is 411 g/mol. The van der Waals surface area contributed by atoms with E-state index in [1.807, 2.05) is 0 Å². The molecule has 0 aliphatic carbocycles. The Kier molecular flexibility index (Phi) is 5.47. The number of aldehydes is 1. The first-order chi connectivity index (χ1) is 13.2. The van der Waals surface area contributed by atoms with Crippen molar-refractivity contribution in [3.63, 3.8) is 0 Å². The molecule has 0 N–H and O–H groups in total. The lowest BCUT2D eigenvalue weighted by Crippen LogP contribution is -2.07. The molecular weight excluding hydrogens is 401 g/mol. The molecule has 28 heavy (non-hydrogen) atoms. The number of benzene rings is 2. The maximum absolute atomic E-state index is 14.0. The van der Waals surface area contributed by atoms with Gasteiger partial charge in [-0.05, 0) is 48.0 Å². The summed E-state index contributed by atoms with van der Waals surface area (Å²) in [7, 11) is 0. The molecule has 1 heterocycles. The molecule has 2 nitrogen and oxygen atoms in total. The lowest BCUT2D eigenvalue weighted by atomic mass is 10.0. The zero-order valence-corrected chi connectivity index (χ0v) is 14.8. The van der Waals surface area contributed by atoms with Crippen molar-refractivity contribution in [3.8, 4) is 11.3 Å². The second-order valence-corrected chi connectivity index (χ2v) is 6.34. The van der Waals surface area contributed by atoms with E-state index in [1.165, 1.54) is 24.3 Å². The molecule has 0 aliphatic rings. The van der Waals surface area contributed by atoms with Gasteiger partial charge in [0.1, 0.15) is 0 Å². The van der Waals surface area contributed by atoms with E-state index in [1.54, 1.807) is 0 Å². The number of carbonyl (C=O) groups excluding carboxylic acids is 1. The lowest BCUT2D eigenvalue weighted by Gasteiger charge is -2.12. The molecule has 0 saturated carbocycles. The maximum Gasteiger partial charge on any atom is 0.416 e. The number of alkyl halides is 3. The third-order valence-corrected chi connectivity index (χ3v) is 4.46. The van der Waals surface area contributed by atoms with Gasteiger partial charge in [0.25, 0.3) is 0 Å². The Morgan fingerprint density at radius 1 is 1.04 bits per heavy atom. The van der Waals surface area contributed by atoms with Crippen LogP contribution in [0.15, 0.2) is 48.5 Å². The van der Waals surface area contributed by atoms with Crippen molar-refractivity contribution in [1.82, 2.24) is 4.98 Å². The predicted octanol–water partition coefficient (Wildman–Crippen LogP) is 6.10.